The molecule has 0 spiro atoms. The van der Waals surface area contributed by atoms with Gasteiger partial charge in [-0.3, -0.25) is 9.36 Å². The zero-order valence-electron chi connectivity index (χ0n) is 14.6. The van der Waals surface area contributed by atoms with Crippen molar-refractivity contribution in [3.05, 3.63) is 69.9 Å². The van der Waals surface area contributed by atoms with Crippen LogP contribution < -0.4 is 5.56 Å². The van der Waals surface area contributed by atoms with Crippen LogP contribution in [0.15, 0.2) is 58.7 Å². The summed E-state index contributed by atoms with van der Waals surface area (Å²) in [6.45, 7) is 0.872. The third-order valence-corrected chi connectivity index (χ3v) is 5.41. The van der Waals surface area contributed by atoms with E-state index in [0.717, 1.165) is 11.3 Å². The monoisotopic (exact) mass is 400 g/mol. The third kappa shape index (κ3) is 3.71. The molecule has 0 saturated carbocycles. The van der Waals surface area contributed by atoms with Gasteiger partial charge < -0.3 is 9.14 Å². The first-order chi connectivity index (χ1) is 13.2. The lowest BCUT2D eigenvalue weighted by Gasteiger charge is -2.12. The molecular weight excluding hydrogens is 384 g/mol. The number of pyridine rings is 1. The van der Waals surface area contributed by atoms with Crippen molar-refractivity contribution in [1.29, 1.82) is 0 Å². The number of hydrogen-bond acceptors (Lipinski definition) is 5. The Kier molecular flexibility index (Phi) is 5.15. The lowest BCUT2D eigenvalue weighted by atomic mass is 10.2. The van der Waals surface area contributed by atoms with E-state index in [2.05, 4.69) is 9.97 Å². The Balaban J connectivity index is 1.70. The van der Waals surface area contributed by atoms with Gasteiger partial charge in [-0.25, -0.2) is 9.97 Å². The molecule has 4 aromatic rings. The number of ether oxygens (including phenoxy) is 1. The van der Waals surface area contributed by atoms with Crippen LogP contribution in [0, 0.1) is 0 Å². The van der Waals surface area contributed by atoms with Crippen molar-refractivity contribution in [2.45, 2.75) is 17.5 Å². The number of benzene rings is 1. The molecule has 27 heavy (non-hydrogen) atoms. The van der Waals surface area contributed by atoms with Crippen molar-refractivity contribution in [1.82, 2.24) is 18.9 Å². The first-order valence-electron chi connectivity index (χ1n) is 8.40. The van der Waals surface area contributed by atoms with Gasteiger partial charge in [0.1, 0.15) is 5.65 Å². The maximum absolute atomic E-state index is 12.9. The molecule has 0 N–H and O–H groups in total. The van der Waals surface area contributed by atoms with Crippen molar-refractivity contribution in [2.24, 2.45) is 0 Å². The molecule has 0 unspecified atom stereocenters. The minimum absolute atomic E-state index is 0.0915. The zero-order valence-corrected chi connectivity index (χ0v) is 16.2. The molecule has 0 aliphatic rings. The molecule has 0 saturated heterocycles. The fourth-order valence-electron chi connectivity index (χ4n) is 2.86. The predicted molar refractivity (Wildman–Crippen MR) is 108 cm³/mol. The highest BCUT2D eigenvalue weighted by atomic mass is 35.5. The summed E-state index contributed by atoms with van der Waals surface area (Å²) in [5, 5.41) is 1.73. The van der Waals surface area contributed by atoms with Gasteiger partial charge in [0.05, 0.1) is 29.7 Å². The highest BCUT2D eigenvalue weighted by molar-refractivity contribution is 7.98. The van der Waals surface area contributed by atoms with Crippen LogP contribution >= 0.6 is 23.4 Å². The number of imidazole rings is 1. The second-order valence-electron chi connectivity index (χ2n) is 5.99. The molecule has 6 nitrogen and oxygen atoms in total. The summed E-state index contributed by atoms with van der Waals surface area (Å²) in [7, 11) is 1.61. The number of aromatic nitrogens is 4. The highest BCUT2D eigenvalue weighted by Gasteiger charge is 2.13. The number of fused-ring (bicyclic) bond motifs is 2. The molecule has 0 amide bonds. The van der Waals surface area contributed by atoms with Gasteiger partial charge in [-0.1, -0.05) is 29.4 Å². The van der Waals surface area contributed by atoms with Crippen LogP contribution in [0.5, 0.6) is 0 Å². The number of thioether (sulfide) groups is 1. The minimum atomic E-state index is -0.0915. The van der Waals surface area contributed by atoms with Crippen LogP contribution in [0.25, 0.3) is 16.6 Å². The Labute approximate surface area is 164 Å². The summed E-state index contributed by atoms with van der Waals surface area (Å²) in [4.78, 5) is 22.2. The van der Waals surface area contributed by atoms with Gasteiger partial charge in [0.2, 0.25) is 0 Å². The fraction of sp³-hybridized carbons (Fsp3) is 0.211. The molecule has 0 fully saturated rings. The van der Waals surface area contributed by atoms with E-state index in [4.69, 9.17) is 16.3 Å². The number of nitrogens with zero attached hydrogens (tertiary/aromatic N) is 4. The van der Waals surface area contributed by atoms with E-state index in [1.54, 1.807) is 29.9 Å². The summed E-state index contributed by atoms with van der Waals surface area (Å²) in [5.74, 6) is 0.604. The van der Waals surface area contributed by atoms with Crippen LogP contribution in [0.2, 0.25) is 5.02 Å². The van der Waals surface area contributed by atoms with Gasteiger partial charge >= 0.3 is 0 Å². The summed E-state index contributed by atoms with van der Waals surface area (Å²) < 4.78 is 8.78. The van der Waals surface area contributed by atoms with Gasteiger partial charge in [-0.15, -0.1) is 0 Å². The molecule has 3 heterocycles. The molecule has 0 aliphatic heterocycles. The van der Waals surface area contributed by atoms with Crippen LogP contribution in [-0.4, -0.2) is 32.7 Å². The predicted octanol–water partition coefficient (Wildman–Crippen LogP) is 3.64. The van der Waals surface area contributed by atoms with E-state index >= 15 is 0 Å². The van der Waals surface area contributed by atoms with E-state index in [9.17, 15) is 4.79 Å². The topological polar surface area (TPSA) is 61.4 Å². The van der Waals surface area contributed by atoms with Crippen molar-refractivity contribution < 1.29 is 4.74 Å². The van der Waals surface area contributed by atoms with Crippen molar-refractivity contribution in [2.75, 3.05) is 13.7 Å². The van der Waals surface area contributed by atoms with Gasteiger partial charge in [-0.05, 0) is 30.3 Å². The van der Waals surface area contributed by atoms with Gasteiger partial charge in [0, 0.05) is 30.3 Å². The average molecular weight is 401 g/mol. The zero-order chi connectivity index (χ0) is 18.8. The summed E-state index contributed by atoms with van der Waals surface area (Å²) >= 11 is 7.55. The van der Waals surface area contributed by atoms with Crippen LogP contribution in [0.1, 0.15) is 5.69 Å². The molecule has 4 rings (SSSR count). The number of methoxy groups -OCH3 is 1. The average Bonchev–Trinajstić information content (AvgIpc) is 3.08. The van der Waals surface area contributed by atoms with Crippen molar-refractivity contribution >= 4 is 39.9 Å². The maximum Gasteiger partial charge on any atom is 0.262 e. The second-order valence-corrected chi connectivity index (χ2v) is 7.37. The van der Waals surface area contributed by atoms with E-state index in [1.165, 1.54) is 11.8 Å². The first-order valence-corrected chi connectivity index (χ1v) is 9.76. The summed E-state index contributed by atoms with van der Waals surface area (Å²) in [6.07, 6.45) is 3.94. The Morgan fingerprint density at radius 1 is 1.22 bits per heavy atom. The molecular formula is C19H17ClN4O2S. The number of hydrogen-bond donors (Lipinski definition) is 0. The molecule has 0 aliphatic carbocycles. The molecule has 1 aromatic carbocycles. The molecule has 3 aromatic heterocycles. The fourth-order valence-corrected chi connectivity index (χ4v) is 3.93. The normalized spacial score (nSPS) is 11.5. The van der Waals surface area contributed by atoms with Gasteiger partial charge in [0.25, 0.3) is 5.56 Å². The van der Waals surface area contributed by atoms with Crippen LogP contribution in [-0.2, 0) is 17.0 Å². The third-order valence-electron chi connectivity index (χ3n) is 4.16. The van der Waals surface area contributed by atoms with Crippen molar-refractivity contribution in [3.8, 4) is 0 Å². The molecule has 8 heteroatoms. The molecule has 138 valence electrons. The van der Waals surface area contributed by atoms with E-state index < -0.39 is 0 Å². The standard InChI is InChI=1S/C19H17ClN4O2S/c1-26-9-8-24-18(25)15-6-5-13(20)10-16(15)22-19(24)27-12-14-11-23-7-3-2-4-17(23)21-14/h2-7,10-11H,8-9,12H2,1H3. The molecule has 0 radical (unpaired) electrons. The quantitative estimate of drug-likeness (QED) is 0.365. The van der Waals surface area contributed by atoms with Crippen LogP contribution in [0.3, 0.4) is 0 Å². The number of rotatable bonds is 6. The second kappa shape index (κ2) is 7.72. The molecule has 0 bridgehead atoms. The van der Waals surface area contributed by atoms with E-state index in [1.807, 2.05) is 35.0 Å². The Hall–Kier alpha value is -2.35. The van der Waals surface area contributed by atoms with Gasteiger partial charge in [-0.2, -0.15) is 0 Å². The van der Waals surface area contributed by atoms with Crippen molar-refractivity contribution in [3.63, 3.8) is 0 Å². The van der Waals surface area contributed by atoms with Crippen LogP contribution in [0.4, 0.5) is 0 Å². The Bertz CT molecular complexity index is 1140. The summed E-state index contributed by atoms with van der Waals surface area (Å²) in [5.41, 5.74) is 2.32. The number of halogens is 1. The Morgan fingerprint density at radius 2 is 2.11 bits per heavy atom. The lowest BCUT2D eigenvalue weighted by molar-refractivity contribution is 0.183. The Morgan fingerprint density at radius 3 is 2.93 bits per heavy atom. The van der Waals surface area contributed by atoms with E-state index in [0.29, 0.717) is 40.0 Å². The SMILES string of the molecule is COCCn1c(SCc2cn3ccccc3n2)nc2cc(Cl)ccc2c1=O. The highest BCUT2D eigenvalue weighted by Crippen LogP contribution is 2.23. The van der Waals surface area contributed by atoms with Gasteiger partial charge in [0.15, 0.2) is 5.16 Å². The first kappa shape index (κ1) is 18.0. The summed E-state index contributed by atoms with van der Waals surface area (Å²) in [6, 6.07) is 11.0. The van der Waals surface area contributed by atoms with E-state index in [-0.39, 0.29) is 5.56 Å². The smallest absolute Gasteiger partial charge is 0.262 e. The largest absolute Gasteiger partial charge is 0.383 e. The minimum Gasteiger partial charge on any atom is -0.383 e. The lowest BCUT2D eigenvalue weighted by Crippen LogP contribution is -2.25. The maximum atomic E-state index is 12.9. The molecule has 0 atom stereocenters.